The van der Waals surface area contributed by atoms with Crippen molar-refractivity contribution in [1.82, 2.24) is 19.8 Å². The highest BCUT2D eigenvalue weighted by Crippen LogP contribution is 2.18. The zero-order valence-electron chi connectivity index (χ0n) is 16.7. The zero-order valence-corrected chi connectivity index (χ0v) is 16.7. The number of piperazine rings is 1. The van der Waals surface area contributed by atoms with Crippen molar-refractivity contribution in [3.8, 4) is 0 Å². The Labute approximate surface area is 166 Å². The molecule has 0 bridgehead atoms. The highest BCUT2D eigenvalue weighted by atomic mass is 16.2. The van der Waals surface area contributed by atoms with E-state index in [9.17, 15) is 9.59 Å². The third kappa shape index (κ3) is 4.65. The van der Waals surface area contributed by atoms with Gasteiger partial charge in [-0.3, -0.25) is 9.59 Å². The van der Waals surface area contributed by atoms with Crippen LogP contribution in [0.1, 0.15) is 35.7 Å². The maximum absolute atomic E-state index is 13.2. The maximum Gasteiger partial charge on any atom is 0.273 e. The standard InChI is InChI=1S/C21H27N5O2/c1-16(2)26(14-18-7-5-4-6-8-18)21(28)19-13-20(23-17(3)22-19)25-11-9-24(15-27)10-12-25/h4-8,13,15-16H,9-12,14H2,1-3H3. The van der Waals surface area contributed by atoms with Crippen molar-refractivity contribution in [2.45, 2.75) is 33.4 Å². The second-order valence-electron chi connectivity index (χ2n) is 7.30. The Hall–Kier alpha value is -2.96. The molecule has 2 aromatic rings. The molecule has 1 aliphatic heterocycles. The third-order valence-corrected chi connectivity index (χ3v) is 4.91. The molecule has 1 aromatic carbocycles. The fourth-order valence-corrected chi connectivity index (χ4v) is 3.30. The predicted octanol–water partition coefficient (Wildman–Crippen LogP) is 2.11. The molecule has 1 aromatic heterocycles. The number of hydrogen-bond acceptors (Lipinski definition) is 5. The summed E-state index contributed by atoms with van der Waals surface area (Å²) >= 11 is 0. The lowest BCUT2D eigenvalue weighted by Crippen LogP contribution is -2.46. The zero-order chi connectivity index (χ0) is 20.1. The van der Waals surface area contributed by atoms with Gasteiger partial charge >= 0.3 is 0 Å². The molecule has 0 N–H and O–H groups in total. The second kappa shape index (κ2) is 8.82. The predicted molar refractivity (Wildman–Crippen MR) is 108 cm³/mol. The van der Waals surface area contributed by atoms with Crippen LogP contribution in [-0.2, 0) is 11.3 Å². The molecule has 1 fully saturated rings. The number of hydrogen-bond donors (Lipinski definition) is 0. The van der Waals surface area contributed by atoms with Gasteiger partial charge in [-0.15, -0.1) is 0 Å². The summed E-state index contributed by atoms with van der Waals surface area (Å²) in [5.74, 6) is 1.21. The second-order valence-corrected chi connectivity index (χ2v) is 7.30. The lowest BCUT2D eigenvalue weighted by Gasteiger charge is -2.33. The molecule has 7 heteroatoms. The molecular formula is C21H27N5O2. The monoisotopic (exact) mass is 381 g/mol. The molecular weight excluding hydrogens is 354 g/mol. The van der Waals surface area contributed by atoms with Crippen LogP contribution in [0.4, 0.5) is 5.82 Å². The van der Waals surface area contributed by atoms with Crippen molar-refractivity contribution in [3.63, 3.8) is 0 Å². The quantitative estimate of drug-likeness (QED) is 0.717. The van der Waals surface area contributed by atoms with Gasteiger partial charge < -0.3 is 14.7 Å². The van der Waals surface area contributed by atoms with Crippen LogP contribution in [-0.4, -0.2) is 64.3 Å². The number of aromatic nitrogens is 2. The highest BCUT2D eigenvalue weighted by Gasteiger charge is 2.23. The fraction of sp³-hybridized carbons (Fsp3) is 0.429. The van der Waals surface area contributed by atoms with E-state index in [1.807, 2.05) is 49.1 Å². The van der Waals surface area contributed by atoms with Gasteiger partial charge in [0.25, 0.3) is 5.91 Å². The first-order valence-corrected chi connectivity index (χ1v) is 9.63. The van der Waals surface area contributed by atoms with Crippen LogP contribution in [0.5, 0.6) is 0 Å². The van der Waals surface area contributed by atoms with Gasteiger partial charge in [0, 0.05) is 44.8 Å². The van der Waals surface area contributed by atoms with Crippen molar-refractivity contribution >= 4 is 18.1 Å². The van der Waals surface area contributed by atoms with E-state index in [1.54, 1.807) is 17.9 Å². The largest absolute Gasteiger partial charge is 0.353 e. The number of carbonyl (C=O) groups excluding carboxylic acids is 2. The minimum absolute atomic E-state index is 0.0440. The molecule has 28 heavy (non-hydrogen) atoms. The average molecular weight is 381 g/mol. The molecule has 3 rings (SSSR count). The number of amides is 2. The summed E-state index contributed by atoms with van der Waals surface area (Å²) in [7, 11) is 0. The van der Waals surface area contributed by atoms with Gasteiger partial charge in [-0.2, -0.15) is 0 Å². The number of benzene rings is 1. The van der Waals surface area contributed by atoms with E-state index in [2.05, 4.69) is 14.9 Å². The smallest absolute Gasteiger partial charge is 0.273 e. The van der Waals surface area contributed by atoms with E-state index in [-0.39, 0.29) is 11.9 Å². The van der Waals surface area contributed by atoms with Crippen molar-refractivity contribution < 1.29 is 9.59 Å². The van der Waals surface area contributed by atoms with Gasteiger partial charge in [-0.1, -0.05) is 30.3 Å². The summed E-state index contributed by atoms with van der Waals surface area (Å²) in [6, 6.07) is 11.8. The van der Waals surface area contributed by atoms with E-state index in [0.717, 1.165) is 17.8 Å². The normalized spacial score (nSPS) is 14.3. The Bertz CT molecular complexity index is 817. The van der Waals surface area contributed by atoms with Gasteiger partial charge in [0.2, 0.25) is 6.41 Å². The summed E-state index contributed by atoms with van der Waals surface area (Å²) in [6.45, 7) is 9.06. The number of nitrogens with zero attached hydrogens (tertiary/aromatic N) is 5. The van der Waals surface area contributed by atoms with Crippen molar-refractivity contribution in [3.05, 3.63) is 53.5 Å². The van der Waals surface area contributed by atoms with Crippen molar-refractivity contribution in [1.29, 1.82) is 0 Å². The Morgan fingerprint density at radius 1 is 1.14 bits per heavy atom. The Kier molecular flexibility index (Phi) is 6.23. The molecule has 0 spiro atoms. The first-order chi connectivity index (χ1) is 13.5. The van der Waals surface area contributed by atoms with Crippen LogP contribution in [0.25, 0.3) is 0 Å². The lowest BCUT2D eigenvalue weighted by atomic mass is 10.1. The van der Waals surface area contributed by atoms with Gasteiger partial charge in [-0.05, 0) is 26.3 Å². The Balaban J connectivity index is 1.82. The van der Waals surface area contributed by atoms with E-state index in [1.165, 1.54) is 0 Å². The molecule has 148 valence electrons. The molecule has 0 aliphatic carbocycles. The van der Waals surface area contributed by atoms with Crippen LogP contribution < -0.4 is 4.90 Å². The van der Waals surface area contributed by atoms with Gasteiger partial charge in [-0.25, -0.2) is 9.97 Å². The maximum atomic E-state index is 13.2. The van der Waals surface area contributed by atoms with Gasteiger partial charge in [0.15, 0.2) is 0 Å². The Morgan fingerprint density at radius 2 is 1.82 bits per heavy atom. The average Bonchev–Trinajstić information content (AvgIpc) is 2.71. The SMILES string of the molecule is Cc1nc(C(=O)N(Cc2ccccc2)C(C)C)cc(N2CCN(C=O)CC2)n1. The van der Waals surface area contributed by atoms with Crippen LogP contribution in [0, 0.1) is 6.92 Å². The molecule has 2 amide bonds. The first kappa shape index (κ1) is 19.8. The summed E-state index contributed by atoms with van der Waals surface area (Å²) in [6.07, 6.45) is 0.877. The van der Waals surface area contributed by atoms with E-state index in [4.69, 9.17) is 0 Å². The molecule has 0 saturated carbocycles. The summed E-state index contributed by atoms with van der Waals surface area (Å²) in [4.78, 5) is 38.8. The van der Waals surface area contributed by atoms with Crippen molar-refractivity contribution in [2.24, 2.45) is 0 Å². The van der Waals surface area contributed by atoms with Crippen LogP contribution in [0.2, 0.25) is 0 Å². The van der Waals surface area contributed by atoms with E-state index < -0.39 is 0 Å². The molecule has 2 heterocycles. The molecule has 1 saturated heterocycles. The van der Waals surface area contributed by atoms with Gasteiger partial charge in [0.1, 0.15) is 17.3 Å². The molecule has 7 nitrogen and oxygen atoms in total. The highest BCUT2D eigenvalue weighted by molar-refractivity contribution is 5.93. The molecule has 1 aliphatic rings. The lowest BCUT2D eigenvalue weighted by molar-refractivity contribution is -0.118. The number of aryl methyl sites for hydroxylation is 1. The van der Waals surface area contributed by atoms with E-state index in [0.29, 0.717) is 44.2 Å². The van der Waals surface area contributed by atoms with Gasteiger partial charge in [0.05, 0.1) is 0 Å². The fourth-order valence-electron chi connectivity index (χ4n) is 3.30. The van der Waals surface area contributed by atoms with Crippen LogP contribution in [0.15, 0.2) is 36.4 Å². The number of carbonyl (C=O) groups is 2. The summed E-state index contributed by atoms with van der Waals surface area (Å²) in [5.41, 5.74) is 1.49. The number of rotatable bonds is 6. The van der Waals surface area contributed by atoms with Crippen molar-refractivity contribution in [2.75, 3.05) is 31.1 Å². The molecule has 0 unspecified atom stereocenters. The third-order valence-electron chi connectivity index (χ3n) is 4.91. The van der Waals surface area contributed by atoms with E-state index >= 15 is 0 Å². The first-order valence-electron chi connectivity index (χ1n) is 9.63. The summed E-state index contributed by atoms with van der Waals surface area (Å²) in [5, 5.41) is 0. The topological polar surface area (TPSA) is 69.6 Å². The Morgan fingerprint density at radius 3 is 2.43 bits per heavy atom. The van der Waals surface area contributed by atoms with Crippen LogP contribution in [0.3, 0.4) is 0 Å². The number of anilines is 1. The summed E-state index contributed by atoms with van der Waals surface area (Å²) < 4.78 is 0. The molecule has 0 radical (unpaired) electrons. The minimum atomic E-state index is -0.0999. The molecule has 0 atom stereocenters. The van der Waals surface area contributed by atoms with Crippen LogP contribution >= 0.6 is 0 Å². The minimum Gasteiger partial charge on any atom is -0.353 e.